The highest BCUT2D eigenvalue weighted by molar-refractivity contribution is 5.79. The van der Waals surface area contributed by atoms with E-state index in [1.807, 2.05) is 31.2 Å². The van der Waals surface area contributed by atoms with E-state index in [2.05, 4.69) is 15.6 Å². The second kappa shape index (κ2) is 9.61. The second-order valence-corrected chi connectivity index (χ2v) is 6.25. The Balaban J connectivity index is 2.00. The van der Waals surface area contributed by atoms with Crippen molar-refractivity contribution in [1.82, 2.24) is 10.6 Å². The zero-order valence-electron chi connectivity index (χ0n) is 14.4. The van der Waals surface area contributed by atoms with Gasteiger partial charge >= 0.3 is 0 Å². The van der Waals surface area contributed by atoms with Crippen LogP contribution < -0.4 is 10.6 Å². The van der Waals surface area contributed by atoms with E-state index >= 15 is 0 Å². The third-order valence-electron chi connectivity index (χ3n) is 4.50. The summed E-state index contributed by atoms with van der Waals surface area (Å²) < 4.78 is 5.53. The van der Waals surface area contributed by atoms with Gasteiger partial charge in [0.2, 0.25) is 0 Å². The average molecular weight is 335 g/mol. The smallest absolute Gasteiger partial charge is 0.191 e. The van der Waals surface area contributed by atoms with Crippen molar-refractivity contribution in [2.24, 2.45) is 10.4 Å². The highest BCUT2D eigenvalue weighted by atomic mass is 16.5. The number of ether oxygens (including phenoxy) is 1. The summed E-state index contributed by atoms with van der Waals surface area (Å²) in [6, 6.07) is 7.77. The molecule has 1 heterocycles. The van der Waals surface area contributed by atoms with Crippen LogP contribution in [0.2, 0.25) is 0 Å². The van der Waals surface area contributed by atoms with Crippen molar-refractivity contribution in [1.29, 1.82) is 0 Å². The first-order valence-corrected chi connectivity index (χ1v) is 8.61. The van der Waals surface area contributed by atoms with E-state index < -0.39 is 0 Å². The minimum Gasteiger partial charge on any atom is -0.396 e. The minimum absolute atomic E-state index is 0.0199. The van der Waals surface area contributed by atoms with Gasteiger partial charge in [-0.3, -0.25) is 0 Å². The van der Waals surface area contributed by atoms with Gasteiger partial charge in [0.1, 0.15) is 0 Å². The summed E-state index contributed by atoms with van der Waals surface area (Å²) in [7, 11) is 0. The summed E-state index contributed by atoms with van der Waals surface area (Å²) in [6.45, 7) is 5.65. The fraction of sp³-hybridized carbons (Fsp3) is 0.611. The van der Waals surface area contributed by atoms with Crippen LogP contribution >= 0.6 is 0 Å². The van der Waals surface area contributed by atoms with E-state index in [1.54, 1.807) is 0 Å². The van der Waals surface area contributed by atoms with E-state index in [0.29, 0.717) is 13.2 Å². The monoisotopic (exact) mass is 335 g/mol. The van der Waals surface area contributed by atoms with E-state index in [9.17, 15) is 10.2 Å². The van der Waals surface area contributed by atoms with Gasteiger partial charge in [-0.05, 0) is 30.9 Å². The zero-order chi connectivity index (χ0) is 17.3. The first kappa shape index (κ1) is 18.7. The first-order chi connectivity index (χ1) is 11.7. The normalized spacial score (nSPS) is 21.0. The van der Waals surface area contributed by atoms with Crippen LogP contribution in [0.25, 0.3) is 0 Å². The molecule has 2 rings (SSSR count). The molecule has 6 heteroatoms. The molecular weight excluding hydrogens is 306 g/mol. The number of nitrogens with zero attached hydrogens (tertiary/aromatic N) is 1. The molecule has 0 amide bonds. The summed E-state index contributed by atoms with van der Waals surface area (Å²) in [5, 5.41) is 25.4. The van der Waals surface area contributed by atoms with Crippen LogP contribution in [0.4, 0.5) is 0 Å². The molecule has 0 spiro atoms. The topological polar surface area (TPSA) is 86.1 Å². The summed E-state index contributed by atoms with van der Waals surface area (Å²) in [4.78, 5) is 4.62. The lowest BCUT2D eigenvalue weighted by Gasteiger charge is -2.27. The Hall–Kier alpha value is -1.63. The highest BCUT2D eigenvalue weighted by Gasteiger charge is 2.34. The molecule has 0 saturated carbocycles. The van der Waals surface area contributed by atoms with Crippen LogP contribution in [-0.2, 0) is 17.9 Å². The number of hydrogen-bond donors (Lipinski definition) is 4. The Kier molecular flexibility index (Phi) is 7.49. The third-order valence-corrected chi connectivity index (χ3v) is 4.50. The maximum atomic E-state index is 9.41. The molecule has 1 fully saturated rings. The molecule has 1 aliphatic rings. The van der Waals surface area contributed by atoms with Crippen LogP contribution in [0.1, 0.15) is 30.9 Å². The van der Waals surface area contributed by atoms with Gasteiger partial charge in [-0.15, -0.1) is 0 Å². The molecule has 0 radical (unpaired) electrons. The Morgan fingerprint density at radius 2 is 2.04 bits per heavy atom. The number of guanidine groups is 1. The molecule has 4 N–H and O–H groups in total. The molecular formula is C18H29N3O3. The Labute approximate surface area is 144 Å². The van der Waals surface area contributed by atoms with E-state index in [1.165, 1.54) is 0 Å². The molecule has 0 bridgehead atoms. The van der Waals surface area contributed by atoms with Gasteiger partial charge < -0.3 is 25.6 Å². The van der Waals surface area contributed by atoms with Crippen LogP contribution in [0.15, 0.2) is 29.3 Å². The fourth-order valence-corrected chi connectivity index (χ4v) is 2.95. The molecule has 1 aromatic carbocycles. The molecule has 1 aromatic rings. The minimum atomic E-state index is -0.0199. The predicted molar refractivity (Wildman–Crippen MR) is 94.8 cm³/mol. The van der Waals surface area contributed by atoms with Crippen LogP contribution in [-0.4, -0.2) is 49.1 Å². The maximum absolute atomic E-state index is 9.41. The van der Waals surface area contributed by atoms with E-state index in [4.69, 9.17) is 4.74 Å². The van der Waals surface area contributed by atoms with Gasteiger partial charge in [-0.2, -0.15) is 0 Å². The molecule has 6 nitrogen and oxygen atoms in total. The van der Waals surface area contributed by atoms with Crippen molar-refractivity contribution < 1.29 is 14.9 Å². The van der Waals surface area contributed by atoms with Gasteiger partial charge in [0, 0.05) is 31.7 Å². The van der Waals surface area contributed by atoms with Gasteiger partial charge in [0.25, 0.3) is 0 Å². The maximum Gasteiger partial charge on any atom is 0.191 e. The molecule has 24 heavy (non-hydrogen) atoms. The Morgan fingerprint density at radius 1 is 1.25 bits per heavy atom. The summed E-state index contributed by atoms with van der Waals surface area (Å²) in [5.74, 6) is 0.745. The largest absolute Gasteiger partial charge is 0.396 e. The quantitative estimate of drug-likeness (QED) is 0.421. The summed E-state index contributed by atoms with van der Waals surface area (Å²) in [5.41, 5.74) is 1.90. The van der Waals surface area contributed by atoms with Crippen molar-refractivity contribution in [2.75, 3.05) is 32.9 Å². The van der Waals surface area contributed by atoms with Crippen molar-refractivity contribution in [3.8, 4) is 0 Å². The SMILES string of the molecule is CCNC(=NCc1ccccc1CO)NCC1(CCO)CCOC1. The molecule has 0 aliphatic carbocycles. The highest BCUT2D eigenvalue weighted by Crippen LogP contribution is 2.31. The van der Waals surface area contributed by atoms with Gasteiger partial charge in [-0.1, -0.05) is 24.3 Å². The number of aliphatic imine (C=N–C) groups is 1. The predicted octanol–water partition coefficient (Wildman–Crippen LogP) is 1.02. The van der Waals surface area contributed by atoms with Gasteiger partial charge in [-0.25, -0.2) is 4.99 Å². The molecule has 1 saturated heterocycles. The lowest BCUT2D eigenvalue weighted by atomic mass is 9.84. The fourth-order valence-electron chi connectivity index (χ4n) is 2.95. The lowest BCUT2D eigenvalue weighted by molar-refractivity contribution is 0.127. The van der Waals surface area contributed by atoms with Gasteiger partial charge in [0.05, 0.1) is 19.8 Å². The Bertz CT molecular complexity index is 528. The van der Waals surface area contributed by atoms with Crippen LogP contribution in [0.5, 0.6) is 0 Å². The van der Waals surface area contributed by atoms with Crippen molar-refractivity contribution in [2.45, 2.75) is 32.9 Å². The molecule has 134 valence electrons. The van der Waals surface area contributed by atoms with Crippen molar-refractivity contribution in [3.63, 3.8) is 0 Å². The molecule has 1 atom stereocenters. The molecule has 0 aromatic heterocycles. The number of rotatable bonds is 8. The number of benzene rings is 1. The Morgan fingerprint density at radius 3 is 2.67 bits per heavy atom. The standard InChI is InChI=1S/C18H29N3O3/c1-2-19-17(20-11-15-5-3-4-6-16(15)12-23)21-13-18(7-9-22)8-10-24-14-18/h3-6,22-23H,2,7-14H2,1H3,(H2,19,20,21). The summed E-state index contributed by atoms with van der Waals surface area (Å²) in [6.07, 6.45) is 1.68. The van der Waals surface area contributed by atoms with E-state index in [0.717, 1.165) is 49.6 Å². The number of hydrogen-bond acceptors (Lipinski definition) is 4. The summed E-state index contributed by atoms with van der Waals surface area (Å²) >= 11 is 0. The van der Waals surface area contributed by atoms with Crippen molar-refractivity contribution >= 4 is 5.96 Å². The van der Waals surface area contributed by atoms with Crippen LogP contribution in [0.3, 0.4) is 0 Å². The first-order valence-electron chi connectivity index (χ1n) is 8.61. The van der Waals surface area contributed by atoms with Gasteiger partial charge in [0.15, 0.2) is 5.96 Å². The molecule has 1 unspecified atom stereocenters. The lowest BCUT2D eigenvalue weighted by Crippen LogP contribution is -2.44. The van der Waals surface area contributed by atoms with E-state index in [-0.39, 0.29) is 18.6 Å². The zero-order valence-corrected chi connectivity index (χ0v) is 14.4. The number of aliphatic hydroxyl groups excluding tert-OH is 2. The second-order valence-electron chi connectivity index (χ2n) is 6.25. The number of nitrogens with one attached hydrogen (secondary N) is 2. The number of aliphatic hydroxyl groups is 2. The molecule has 1 aliphatic heterocycles. The average Bonchev–Trinajstić information content (AvgIpc) is 3.07. The van der Waals surface area contributed by atoms with Crippen LogP contribution in [0, 0.1) is 5.41 Å². The third kappa shape index (κ3) is 5.19. The van der Waals surface area contributed by atoms with Crippen molar-refractivity contribution in [3.05, 3.63) is 35.4 Å².